The maximum Gasteiger partial charge on any atom is 0.220 e. The molecule has 1 aromatic heterocycles. The second-order valence-electron chi connectivity index (χ2n) is 6.73. The van der Waals surface area contributed by atoms with Crippen molar-refractivity contribution in [3.8, 4) is 18.4 Å². The van der Waals surface area contributed by atoms with Crippen molar-refractivity contribution in [3.63, 3.8) is 0 Å². The molecule has 0 saturated carbocycles. The van der Waals surface area contributed by atoms with E-state index in [1.54, 1.807) is 12.3 Å². The van der Waals surface area contributed by atoms with E-state index in [0.29, 0.717) is 24.8 Å². The molecule has 1 aromatic rings. The Kier molecular flexibility index (Phi) is 5.48. The van der Waals surface area contributed by atoms with Crippen molar-refractivity contribution in [2.75, 3.05) is 18.0 Å². The molecule has 0 radical (unpaired) electrons. The summed E-state index contributed by atoms with van der Waals surface area (Å²) in [4.78, 5) is 18.7. The third-order valence-electron chi connectivity index (χ3n) is 4.87. The van der Waals surface area contributed by atoms with Gasteiger partial charge in [0.1, 0.15) is 11.9 Å². The summed E-state index contributed by atoms with van der Waals surface area (Å²) >= 11 is 0. The van der Waals surface area contributed by atoms with Crippen molar-refractivity contribution in [2.24, 2.45) is 10.2 Å². The monoisotopic (exact) mass is 350 g/mol. The van der Waals surface area contributed by atoms with Crippen molar-refractivity contribution in [3.05, 3.63) is 23.9 Å². The average molecular weight is 350 g/mol. The lowest BCUT2D eigenvalue weighted by molar-refractivity contribution is -0.122. The van der Waals surface area contributed by atoms with Gasteiger partial charge in [0.2, 0.25) is 5.91 Å². The van der Waals surface area contributed by atoms with E-state index < -0.39 is 5.66 Å². The van der Waals surface area contributed by atoms with Gasteiger partial charge in [-0.3, -0.25) is 4.79 Å². The van der Waals surface area contributed by atoms with Gasteiger partial charge in [-0.15, -0.1) is 12.3 Å². The lowest BCUT2D eigenvalue weighted by atomic mass is 10.0. The predicted octanol–water partition coefficient (Wildman–Crippen LogP) is 2.39. The minimum atomic E-state index is -0.395. The standard InChI is InChI=1S/C19H22N6O/c1-2-3-9-19(23-24-19)10-6-18(26)22-16-7-11-25(12-8-16)17-5-4-15(13-20)14-21-17/h1,4-5,14,16H,3,6-12H2,(H,22,26). The molecule has 7 nitrogen and oxygen atoms in total. The normalized spacial score (nSPS) is 18.0. The molecule has 0 atom stereocenters. The Morgan fingerprint density at radius 3 is 2.69 bits per heavy atom. The zero-order valence-corrected chi connectivity index (χ0v) is 14.7. The van der Waals surface area contributed by atoms with Gasteiger partial charge < -0.3 is 10.2 Å². The van der Waals surface area contributed by atoms with Crippen molar-refractivity contribution < 1.29 is 4.79 Å². The minimum absolute atomic E-state index is 0.0531. The quantitative estimate of drug-likeness (QED) is 0.764. The first-order chi connectivity index (χ1) is 12.6. The first-order valence-electron chi connectivity index (χ1n) is 8.92. The zero-order valence-electron chi connectivity index (χ0n) is 14.7. The molecule has 3 rings (SSSR count). The second-order valence-corrected chi connectivity index (χ2v) is 6.73. The second kappa shape index (κ2) is 7.97. The van der Waals surface area contributed by atoms with E-state index in [1.807, 2.05) is 6.07 Å². The summed E-state index contributed by atoms with van der Waals surface area (Å²) in [7, 11) is 0. The number of carbonyl (C=O) groups excluding carboxylic acids is 1. The van der Waals surface area contributed by atoms with Gasteiger partial charge in [-0.25, -0.2) is 4.98 Å². The molecule has 0 aromatic carbocycles. The van der Waals surface area contributed by atoms with Crippen LogP contribution in [0.1, 0.15) is 44.1 Å². The SMILES string of the molecule is C#CCCC1(CCC(=O)NC2CCN(c3ccc(C#N)cn3)CC2)N=N1. The van der Waals surface area contributed by atoms with Crippen molar-refractivity contribution in [1.29, 1.82) is 5.26 Å². The van der Waals surface area contributed by atoms with E-state index in [4.69, 9.17) is 11.7 Å². The summed E-state index contributed by atoms with van der Waals surface area (Å²) in [5, 5.41) is 20.1. The Hall–Kier alpha value is -2.93. The molecule has 7 heteroatoms. The van der Waals surface area contributed by atoms with E-state index in [0.717, 1.165) is 38.2 Å². The van der Waals surface area contributed by atoms with E-state index in [2.05, 4.69) is 37.4 Å². The van der Waals surface area contributed by atoms with E-state index in [1.165, 1.54) is 0 Å². The first kappa shape index (κ1) is 17.9. The number of piperidine rings is 1. The summed E-state index contributed by atoms with van der Waals surface area (Å²) in [5.41, 5.74) is 0.166. The summed E-state index contributed by atoms with van der Waals surface area (Å²) in [5.74, 6) is 3.52. The van der Waals surface area contributed by atoms with Crippen LogP contribution in [0.4, 0.5) is 5.82 Å². The molecule has 1 saturated heterocycles. The van der Waals surface area contributed by atoms with Crippen LogP contribution >= 0.6 is 0 Å². The summed E-state index contributed by atoms with van der Waals surface area (Å²) in [6, 6.07) is 5.91. The number of hydrogen-bond acceptors (Lipinski definition) is 6. The number of nitrogens with one attached hydrogen (secondary N) is 1. The Labute approximate surface area is 153 Å². The van der Waals surface area contributed by atoms with Crippen LogP contribution in [0.5, 0.6) is 0 Å². The maximum atomic E-state index is 12.2. The average Bonchev–Trinajstić information content (AvgIpc) is 3.46. The molecule has 2 aliphatic rings. The van der Waals surface area contributed by atoms with Crippen molar-refractivity contribution >= 4 is 11.7 Å². The number of rotatable bonds is 7. The highest BCUT2D eigenvalue weighted by Crippen LogP contribution is 2.37. The van der Waals surface area contributed by atoms with Gasteiger partial charge in [0.05, 0.1) is 5.56 Å². The molecule has 1 amide bonds. The van der Waals surface area contributed by atoms with Gasteiger partial charge in [0, 0.05) is 51.0 Å². The summed E-state index contributed by atoms with van der Waals surface area (Å²) < 4.78 is 0. The highest BCUT2D eigenvalue weighted by atomic mass is 16.1. The molecule has 1 N–H and O–H groups in total. The van der Waals surface area contributed by atoms with Crippen molar-refractivity contribution in [2.45, 2.75) is 50.2 Å². The lowest BCUT2D eigenvalue weighted by Gasteiger charge is -2.33. The minimum Gasteiger partial charge on any atom is -0.356 e. The van der Waals surface area contributed by atoms with E-state index >= 15 is 0 Å². The third kappa shape index (κ3) is 4.58. The topological polar surface area (TPSA) is 93.7 Å². The smallest absolute Gasteiger partial charge is 0.220 e. The van der Waals surface area contributed by atoms with Crippen LogP contribution in [-0.2, 0) is 4.79 Å². The number of carbonyl (C=O) groups is 1. The van der Waals surface area contributed by atoms with Gasteiger partial charge in [0.25, 0.3) is 0 Å². The third-order valence-corrected chi connectivity index (χ3v) is 4.87. The van der Waals surface area contributed by atoms with E-state index in [-0.39, 0.29) is 11.9 Å². The fourth-order valence-electron chi connectivity index (χ4n) is 3.17. The van der Waals surface area contributed by atoms with Crippen LogP contribution in [0.25, 0.3) is 0 Å². The molecule has 3 heterocycles. The number of nitriles is 1. The first-order valence-corrected chi connectivity index (χ1v) is 8.92. The van der Waals surface area contributed by atoms with Crippen LogP contribution in [0.15, 0.2) is 28.6 Å². The molecular weight excluding hydrogens is 328 g/mol. The fraction of sp³-hybridized carbons (Fsp3) is 0.526. The fourth-order valence-corrected chi connectivity index (χ4v) is 3.17. The van der Waals surface area contributed by atoms with Crippen LogP contribution in [0.3, 0.4) is 0 Å². The number of nitrogens with zero attached hydrogens (tertiary/aromatic N) is 5. The van der Waals surface area contributed by atoms with Gasteiger partial charge in [-0.05, 0) is 25.0 Å². The van der Waals surface area contributed by atoms with Crippen LogP contribution in [0, 0.1) is 23.7 Å². The van der Waals surface area contributed by atoms with Gasteiger partial charge in [-0.2, -0.15) is 15.5 Å². The number of hydrogen-bond donors (Lipinski definition) is 1. The number of aromatic nitrogens is 1. The van der Waals surface area contributed by atoms with Crippen molar-refractivity contribution in [1.82, 2.24) is 10.3 Å². The molecule has 0 unspecified atom stereocenters. The number of anilines is 1. The molecule has 1 fully saturated rings. The van der Waals surface area contributed by atoms with Crippen LogP contribution in [0.2, 0.25) is 0 Å². The number of pyridine rings is 1. The lowest BCUT2D eigenvalue weighted by Crippen LogP contribution is -2.45. The van der Waals surface area contributed by atoms with E-state index in [9.17, 15) is 4.79 Å². The Balaban J connectivity index is 1.39. The number of terminal acetylenes is 1. The van der Waals surface area contributed by atoms with Crippen LogP contribution in [-0.4, -0.2) is 35.7 Å². The molecule has 0 spiro atoms. The molecule has 134 valence electrons. The molecule has 26 heavy (non-hydrogen) atoms. The molecule has 2 aliphatic heterocycles. The predicted molar refractivity (Wildman–Crippen MR) is 97.2 cm³/mol. The molecule has 0 bridgehead atoms. The highest BCUT2D eigenvalue weighted by molar-refractivity contribution is 5.76. The largest absolute Gasteiger partial charge is 0.356 e. The number of amides is 1. The maximum absolute atomic E-state index is 12.2. The Bertz CT molecular complexity index is 744. The van der Waals surface area contributed by atoms with Gasteiger partial charge in [-0.1, -0.05) is 0 Å². The van der Waals surface area contributed by atoms with Gasteiger partial charge >= 0.3 is 0 Å². The summed E-state index contributed by atoms with van der Waals surface area (Å²) in [6.07, 6.45) is 11.0. The highest BCUT2D eigenvalue weighted by Gasteiger charge is 2.39. The Morgan fingerprint density at radius 2 is 2.12 bits per heavy atom. The van der Waals surface area contributed by atoms with Crippen LogP contribution < -0.4 is 10.2 Å². The summed E-state index contributed by atoms with van der Waals surface area (Å²) in [6.45, 7) is 1.67. The molecule has 0 aliphatic carbocycles. The Morgan fingerprint density at radius 1 is 1.35 bits per heavy atom. The zero-order chi connectivity index (χ0) is 18.4. The van der Waals surface area contributed by atoms with Gasteiger partial charge in [0.15, 0.2) is 5.66 Å². The molecular formula is C19H22N6O.